The maximum absolute atomic E-state index is 13.6. The molecule has 2 saturated carbocycles. The Morgan fingerprint density at radius 1 is 1.24 bits per heavy atom. The van der Waals surface area contributed by atoms with Crippen LogP contribution in [0.15, 0.2) is 30.3 Å². The lowest BCUT2D eigenvalue weighted by Gasteiger charge is -2.37. The first-order chi connectivity index (χ1) is 15.2. The van der Waals surface area contributed by atoms with E-state index in [0.29, 0.717) is 17.4 Å². The molecule has 1 aliphatic heterocycles. The summed E-state index contributed by atoms with van der Waals surface area (Å²) >= 11 is 1.04. The van der Waals surface area contributed by atoms with Gasteiger partial charge in [-0.15, -0.1) is 0 Å². The van der Waals surface area contributed by atoms with Crippen molar-refractivity contribution in [3.05, 3.63) is 35.9 Å². The van der Waals surface area contributed by atoms with Crippen molar-refractivity contribution in [1.82, 2.24) is 9.37 Å². The summed E-state index contributed by atoms with van der Waals surface area (Å²) in [6.07, 6.45) is 2.43. The highest BCUT2D eigenvalue weighted by atomic mass is 32.2. The molecule has 2 aliphatic carbocycles. The standard InChI is InChI=1S/C24H34N2O5S2/c1-22(2,3)32-20(27)18(13-16-9-7-6-8-10-16)25(29)21(28)26-19-14-17-11-12-24(19,23(17,4)5)15-33(26,30)31/h6-10,17-19,29H,11-15H2,1-5H3/t17?,18-,19?,24?/m1/s1. The van der Waals surface area contributed by atoms with Crippen molar-refractivity contribution in [2.75, 3.05) is 5.75 Å². The van der Waals surface area contributed by atoms with Crippen molar-refractivity contribution >= 4 is 32.9 Å². The molecule has 4 atom stereocenters. The number of fused-ring (bicyclic) bond motifs is 1. The smallest absolute Gasteiger partial charge is 0.285 e. The van der Waals surface area contributed by atoms with Gasteiger partial charge in [0, 0.05) is 16.6 Å². The van der Waals surface area contributed by atoms with Crippen LogP contribution in [0.1, 0.15) is 59.4 Å². The van der Waals surface area contributed by atoms with Crippen LogP contribution >= 0.6 is 11.8 Å². The third-order valence-electron chi connectivity index (χ3n) is 8.04. The van der Waals surface area contributed by atoms with Gasteiger partial charge in [-0.2, -0.15) is 5.06 Å². The van der Waals surface area contributed by atoms with Crippen molar-refractivity contribution in [3.63, 3.8) is 0 Å². The van der Waals surface area contributed by atoms with Crippen LogP contribution in [0.25, 0.3) is 0 Å². The highest BCUT2D eigenvalue weighted by Gasteiger charge is 2.72. The van der Waals surface area contributed by atoms with E-state index in [1.165, 1.54) is 0 Å². The van der Waals surface area contributed by atoms with Gasteiger partial charge in [-0.05, 0) is 36.2 Å². The summed E-state index contributed by atoms with van der Waals surface area (Å²) in [4.78, 5) is 26.7. The summed E-state index contributed by atoms with van der Waals surface area (Å²) < 4.78 is 27.0. The van der Waals surface area contributed by atoms with Gasteiger partial charge in [-0.3, -0.25) is 10.0 Å². The molecule has 1 aromatic carbocycles. The minimum atomic E-state index is -3.91. The number of nitrogens with zero attached hydrogens (tertiary/aromatic N) is 2. The van der Waals surface area contributed by atoms with Crippen LogP contribution in [0.3, 0.4) is 0 Å². The molecule has 1 spiro atoms. The quantitative estimate of drug-likeness (QED) is 0.495. The SMILES string of the molecule is CC(C)(C)SC(=O)[C@@H](Cc1ccccc1)N(O)C(=O)N1C2CC3CCC2(CS1(=O)=O)C3(C)C. The van der Waals surface area contributed by atoms with Gasteiger partial charge in [0.15, 0.2) is 0 Å². The van der Waals surface area contributed by atoms with E-state index in [2.05, 4.69) is 13.8 Å². The first-order valence-electron chi connectivity index (χ1n) is 11.5. The number of carbonyl (C=O) groups excluding carboxylic acids is 2. The van der Waals surface area contributed by atoms with E-state index in [4.69, 9.17) is 0 Å². The van der Waals surface area contributed by atoms with Crippen molar-refractivity contribution < 1.29 is 23.2 Å². The number of hydrogen-bond donors (Lipinski definition) is 1. The lowest BCUT2D eigenvalue weighted by Crippen LogP contribution is -2.53. The molecular weight excluding hydrogens is 460 g/mol. The summed E-state index contributed by atoms with van der Waals surface area (Å²) in [6, 6.07) is 6.46. The Bertz CT molecular complexity index is 1050. The van der Waals surface area contributed by atoms with Crippen LogP contribution < -0.4 is 0 Å². The molecule has 2 amide bonds. The van der Waals surface area contributed by atoms with Crippen molar-refractivity contribution in [1.29, 1.82) is 0 Å². The molecule has 3 fully saturated rings. The molecule has 4 rings (SSSR count). The van der Waals surface area contributed by atoms with Gasteiger partial charge < -0.3 is 0 Å². The summed E-state index contributed by atoms with van der Waals surface area (Å²) in [7, 11) is -3.91. The van der Waals surface area contributed by atoms with E-state index in [0.717, 1.165) is 34.5 Å². The molecule has 1 N–H and O–H groups in total. The zero-order chi connectivity index (χ0) is 24.4. The number of sulfonamides is 1. The van der Waals surface area contributed by atoms with Crippen molar-refractivity contribution in [2.45, 2.75) is 77.1 Å². The van der Waals surface area contributed by atoms with Gasteiger partial charge in [0.05, 0.1) is 11.8 Å². The van der Waals surface area contributed by atoms with E-state index in [-0.39, 0.29) is 22.7 Å². The minimum absolute atomic E-state index is 0.0816. The Balaban J connectivity index is 1.65. The minimum Gasteiger partial charge on any atom is -0.285 e. The second-order valence-electron chi connectivity index (χ2n) is 11.3. The van der Waals surface area contributed by atoms with E-state index < -0.39 is 38.3 Å². The predicted molar refractivity (Wildman–Crippen MR) is 128 cm³/mol. The third-order valence-corrected chi connectivity index (χ3v) is 11.0. The Labute approximate surface area is 200 Å². The second-order valence-corrected chi connectivity index (χ2v) is 15.0. The number of rotatable bonds is 4. The van der Waals surface area contributed by atoms with E-state index >= 15 is 0 Å². The molecule has 182 valence electrons. The highest BCUT2D eigenvalue weighted by Crippen LogP contribution is 2.70. The monoisotopic (exact) mass is 494 g/mol. The van der Waals surface area contributed by atoms with Gasteiger partial charge in [-0.1, -0.05) is 76.7 Å². The lowest BCUT2D eigenvalue weighted by atomic mass is 9.69. The molecule has 3 aliphatic rings. The van der Waals surface area contributed by atoms with Gasteiger partial charge >= 0.3 is 6.03 Å². The van der Waals surface area contributed by atoms with Crippen LogP contribution in [-0.2, 0) is 21.2 Å². The van der Waals surface area contributed by atoms with Gasteiger partial charge in [0.2, 0.25) is 15.1 Å². The molecule has 1 aromatic rings. The number of thioether (sulfide) groups is 1. The number of urea groups is 1. The molecule has 0 aromatic heterocycles. The molecule has 7 nitrogen and oxygen atoms in total. The number of hydroxylamine groups is 2. The van der Waals surface area contributed by atoms with Crippen molar-refractivity contribution in [2.24, 2.45) is 16.7 Å². The zero-order valence-electron chi connectivity index (χ0n) is 19.9. The van der Waals surface area contributed by atoms with Gasteiger partial charge in [0.1, 0.15) is 6.04 Å². The summed E-state index contributed by atoms with van der Waals surface area (Å²) in [5.41, 5.74) is 0.0899. The van der Waals surface area contributed by atoms with E-state index in [1.807, 2.05) is 51.1 Å². The number of benzene rings is 1. The highest BCUT2D eigenvalue weighted by molar-refractivity contribution is 8.14. The first-order valence-corrected chi connectivity index (χ1v) is 13.9. The molecule has 3 unspecified atom stereocenters. The predicted octanol–water partition coefficient (Wildman–Crippen LogP) is 4.31. The maximum atomic E-state index is 13.6. The topological polar surface area (TPSA) is 95.0 Å². The fourth-order valence-electron chi connectivity index (χ4n) is 6.25. The molecular formula is C24H34N2O5S2. The average molecular weight is 495 g/mol. The Morgan fingerprint density at radius 3 is 2.45 bits per heavy atom. The van der Waals surface area contributed by atoms with E-state index in [9.17, 15) is 23.2 Å². The van der Waals surface area contributed by atoms with Crippen LogP contribution in [0.5, 0.6) is 0 Å². The number of hydrogen-bond acceptors (Lipinski definition) is 6. The second kappa shape index (κ2) is 7.99. The van der Waals surface area contributed by atoms with Crippen LogP contribution in [0, 0.1) is 16.7 Å². The lowest BCUT2D eigenvalue weighted by molar-refractivity contribution is -0.131. The van der Waals surface area contributed by atoms with Crippen LogP contribution in [-0.4, -0.2) is 56.7 Å². The fraction of sp³-hybridized carbons (Fsp3) is 0.667. The molecule has 0 radical (unpaired) electrons. The molecule has 9 heteroatoms. The van der Waals surface area contributed by atoms with Gasteiger partial charge in [-0.25, -0.2) is 17.5 Å². The van der Waals surface area contributed by atoms with Crippen molar-refractivity contribution in [3.8, 4) is 0 Å². The Hall–Kier alpha value is -1.58. The first kappa shape index (κ1) is 24.5. The normalized spacial score (nSPS) is 30.2. The number of amides is 2. The van der Waals surface area contributed by atoms with Crippen LogP contribution in [0.4, 0.5) is 4.79 Å². The molecule has 2 bridgehead atoms. The molecule has 33 heavy (non-hydrogen) atoms. The summed E-state index contributed by atoms with van der Waals surface area (Å²) in [5.74, 6) is 0.264. The van der Waals surface area contributed by atoms with E-state index in [1.54, 1.807) is 0 Å². The third kappa shape index (κ3) is 4.00. The molecule has 1 saturated heterocycles. The van der Waals surface area contributed by atoms with Gasteiger partial charge in [0.25, 0.3) is 0 Å². The molecule has 1 heterocycles. The Kier molecular flexibility index (Phi) is 5.94. The number of carbonyl (C=O) groups is 2. The average Bonchev–Trinajstić information content (AvgIpc) is 3.18. The Morgan fingerprint density at radius 2 is 1.88 bits per heavy atom. The summed E-state index contributed by atoms with van der Waals surface area (Å²) in [5, 5.41) is 11.1. The largest absolute Gasteiger partial charge is 0.358 e. The maximum Gasteiger partial charge on any atom is 0.358 e. The van der Waals surface area contributed by atoms with Crippen LogP contribution in [0.2, 0.25) is 0 Å². The fourth-order valence-corrected chi connectivity index (χ4v) is 9.67. The summed E-state index contributed by atoms with van der Waals surface area (Å²) in [6.45, 7) is 9.85. The zero-order valence-corrected chi connectivity index (χ0v) is 21.6.